The monoisotopic (exact) mass is 156 g/mol. The summed E-state index contributed by atoms with van der Waals surface area (Å²) in [5.74, 6) is 2.06. The second-order valence-electron chi connectivity index (χ2n) is 2.26. The van der Waals surface area contributed by atoms with E-state index in [1.54, 1.807) is 6.26 Å². The molecular weight excluding hydrogens is 144 g/mol. The van der Waals surface area contributed by atoms with E-state index in [1.165, 1.54) is 12.8 Å². The average molecular weight is 156 g/mol. The molecule has 0 aromatic carbocycles. The Kier molecular flexibility index (Phi) is 3.44. The number of thiol groups is 1. The van der Waals surface area contributed by atoms with Crippen LogP contribution in [0.15, 0.2) is 22.8 Å². The zero-order valence-electron chi connectivity index (χ0n) is 5.92. The smallest absolute Gasteiger partial charge is 0.103 e. The highest BCUT2D eigenvalue weighted by atomic mass is 32.1. The van der Waals surface area contributed by atoms with Gasteiger partial charge in [-0.1, -0.05) is 0 Å². The number of rotatable bonds is 4. The molecule has 0 unspecified atom stereocenters. The van der Waals surface area contributed by atoms with Gasteiger partial charge in [0.15, 0.2) is 0 Å². The zero-order valence-corrected chi connectivity index (χ0v) is 6.81. The van der Waals surface area contributed by atoms with Gasteiger partial charge in [-0.25, -0.2) is 0 Å². The molecule has 1 nitrogen and oxygen atoms in total. The minimum atomic E-state index is 0.973. The number of hydrogen-bond acceptors (Lipinski definition) is 2. The molecule has 0 saturated carbocycles. The van der Waals surface area contributed by atoms with E-state index in [9.17, 15) is 0 Å². The van der Waals surface area contributed by atoms with Gasteiger partial charge in [-0.3, -0.25) is 0 Å². The van der Waals surface area contributed by atoms with E-state index in [4.69, 9.17) is 4.42 Å². The maximum absolute atomic E-state index is 5.16. The van der Waals surface area contributed by atoms with E-state index in [0.717, 1.165) is 17.9 Å². The topological polar surface area (TPSA) is 13.1 Å². The van der Waals surface area contributed by atoms with Gasteiger partial charge in [0.05, 0.1) is 6.26 Å². The molecule has 10 heavy (non-hydrogen) atoms. The van der Waals surface area contributed by atoms with Crippen molar-refractivity contribution >= 4 is 12.6 Å². The van der Waals surface area contributed by atoms with Crippen molar-refractivity contribution in [3.8, 4) is 0 Å². The molecule has 1 aromatic rings. The standard InChI is InChI=1S/C8H12OS/c10-7-2-1-4-8-5-3-6-9-8/h3,5-6,10H,1-2,4,7H2. The Labute approximate surface area is 66.8 Å². The van der Waals surface area contributed by atoms with E-state index in [0.29, 0.717) is 0 Å². The molecule has 0 N–H and O–H groups in total. The molecule has 0 radical (unpaired) electrons. The van der Waals surface area contributed by atoms with E-state index >= 15 is 0 Å². The van der Waals surface area contributed by atoms with Gasteiger partial charge in [0.1, 0.15) is 5.76 Å². The van der Waals surface area contributed by atoms with Crippen molar-refractivity contribution in [2.24, 2.45) is 0 Å². The molecule has 0 aliphatic carbocycles. The normalized spacial score (nSPS) is 10.1. The van der Waals surface area contributed by atoms with E-state index in [-0.39, 0.29) is 0 Å². The van der Waals surface area contributed by atoms with Crippen molar-refractivity contribution in [1.29, 1.82) is 0 Å². The second kappa shape index (κ2) is 4.45. The Balaban J connectivity index is 2.15. The van der Waals surface area contributed by atoms with Crippen LogP contribution in [0.3, 0.4) is 0 Å². The Bertz CT molecular complexity index is 158. The van der Waals surface area contributed by atoms with Crippen LogP contribution in [0.5, 0.6) is 0 Å². The van der Waals surface area contributed by atoms with E-state index in [1.807, 2.05) is 12.1 Å². The fraction of sp³-hybridized carbons (Fsp3) is 0.500. The SMILES string of the molecule is SCCCCc1ccco1. The lowest BCUT2D eigenvalue weighted by molar-refractivity contribution is 0.501. The third-order valence-corrected chi connectivity index (χ3v) is 1.73. The first-order chi connectivity index (χ1) is 4.93. The molecule has 0 spiro atoms. The molecular formula is C8H12OS. The molecule has 0 bridgehead atoms. The van der Waals surface area contributed by atoms with Gasteiger partial charge in [0.2, 0.25) is 0 Å². The van der Waals surface area contributed by atoms with Crippen LogP contribution >= 0.6 is 12.6 Å². The Morgan fingerprint density at radius 3 is 2.90 bits per heavy atom. The van der Waals surface area contributed by atoms with Crippen LogP contribution in [0.4, 0.5) is 0 Å². The molecule has 1 rings (SSSR count). The maximum Gasteiger partial charge on any atom is 0.103 e. The van der Waals surface area contributed by atoms with E-state index < -0.39 is 0 Å². The summed E-state index contributed by atoms with van der Waals surface area (Å²) < 4.78 is 5.16. The van der Waals surface area contributed by atoms with Gasteiger partial charge in [-0.2, -0.15) is 12.6 Å². The van der Waals surface area contributed by atoms with Crippen molar-refractivity contribution in [3.63, 3.8) is 0 Å². The highest BCUT2D eigenvalue weighted by Crippen LogP contribution is 2.05. The highest BCUT2D eigenvalue weighted by Gasteiger charge is 1.92. The van der Waals surface area contributed by atoms with Crippen molar-refractivity contribution in [2.45, 2.75) is 19.3 Å². The van der Waals surface area contributed by atoms with Crippen molar-refractivity contribution in [1.82, 2.24) is 0 Å². The number of unbranched alkanes of at least 4 members (excludes halogenated alkanes) is 1. The molecule has 1 aromatic heterocycles. The lowest BCUT2D eigenvalue weighted by atomic mass is 10.2. The lowest BCUT2D eigenvalue weighted by Gasteiger charge is -1.92. The number of furan rings is 1. The Morgan fingerprint density at radius 1 is 1.40 bits per heavy atom. The molecule has 0 fully saturated rings. The predicted molar refractivity (Wildman–Crippen MR) is 45.5 cm³/mol. The van der Waals surface area contributed by atoms with Crippen LogP contribution in [0.25, 0.3) is 0 Å². The third kappa shape index (κ3) is 2.48. The molecule has 0 aliphatic heterocycles. The van der Waals surface area contributed by atoms with Gasteiger partial charge < -0.3 is 4.42 Å². The van der Waals surface area contributed by atoms with Gasteiger partial charge in [0.25, 0.3) is 0 Å². The van der Waals surface area contributed by atoms with Crippen LogP contribution in [-0.2, 0) is 6.42 Å². The largest absolute Gasteiger partial charge is 0.469 e. The summed E-state index contributed by atoms with van der Waals surface area (Å²) in [6.07, 6.45) is 5.12. The first kappa shape index (κ1) is 7.73. The van der Waals surface area contributed by atoms with Crippen LogP contribution in [0.1, 0.15) is 18.6 Å². The molecule has 0 atom stereocenters. The third-order valence-electron chi connectivity index (χ3n) is 1.41. The molecule has 2 heteroatoms. The Morgan fingerprint density at radius 2 is 2.30 bits per heavy atom. The molecule has 56 valence electrons. The number of aryl methyl sites for hydroxylation is 1. The average Bonchev–Trinajstić information content (AvgIpc) is 2.41. The fourth-order valence-corrected chi connectivity index (χ4v) is 1.09. The number of hydrogen-bond donors (Lipinski definition) is 1. The van der Waals surface area contributed by atoms with E-state index in [2.05, 4.69) is 12.6 Å². The molecule has 0 aliphatic rings. The summed E-state index contributed by atoms with van der Waals surface area (Å²) in [4.78, 5) is 0. The van der Waals surface area contributed by atoms with Crippen LogP contribution < -0.4 is 0 Å². The summed E-state index contributed by atoms with van der Waals surface area (Å²) >= 11 is 4.12. The van der Waals surface area contributed by atoms with Crippen LogP contribution in [-0.4, -0.2) is 5.75 Å². The van der Waals surface area contributed by atoms with Crippen molar-refractivity contribution < 1.29 is 4.42 Å². The first-order valence-corrected chi connectivity index (χ1v) is 4.20. The minimum Gasteiger partial charge on any atom is -0.469 e. The fourth-order valence-electron chi connectivity index (χ4n) is 0.866. The Hall–Kier alpha value is -0.370. The maximum atomic E-state index is 5.16. The first-order valence-electron chi connectivity index (χ1n) is 3.56. The summed E-state index contributed by atoms with van der Waals surface area (Å²) in [5.41, 5.74) is 0. The second-order valence-corrected chi connectivity index (χ2v) is 2.71. The van der Waals surface area contributed by atoms with Crippen LogP contribution in [0.2, 0.25) is 0 Å². The van der Waals surface area contributed by atoms with Crippen molar-refractivity contribution in [2.75, 3.05) is 5.75 Å². The quantitative estimate of drug-likeness (QED) is 0.522. The van der Waals surface area contributed by atoms with Gasteiger partial charge in [-0.05, 0) is 30.7 Å². The summed E-state index contributed by atoms with van der Waals surface area (Å²) in [6, 6.07) is 3.94. The molecule has 0 amide bonds. The van der Waals surface area contributed by atoms with Gasteiger partial charge >= 0.3 is 0 Å². The molecule has 0 saturated heterocycles. The van der Waals surface area contributed by atoms with Gasteiger partial charge in [0, 0.05) is 6.42 Å². The lowest BCUT2D eigenvalue weighted by Crippen LogP contribution is -1.82. The zero-order chi connectivity index (χ0) is 7.23. The molecule has 1 heterocycles. The predicted octanol–water partition coefficient (Wildman–Crippen LogP) is 2.53. The summed E-state index contributed by atoms with van der Waals surface area (Å²) in [6.45, 7) is 0. The van der Waals surface area contributed by atoms with Gasteiger partial charge in [-0.15, -0.1) is 0 Å². The van der Waals surface area contributed by atoms with Crippen LogP contribution in [0, 0.1) is 0 Å². The summed E-state index contributed by atoms with van der Waals surface area (Å²) in [7, 11) is 0. The summed E-state index contributed by atoms with van der Waals surface area (Å²) in [5, 5.41) is 0. The minimum absolute atomic E-state index is 0.973. The van der Waals surface area contributed by atoms with Crippen molar-refractivity contribution in [3.05, 3.63) is 24.2 Å². The highest BCUT2D eigenvalue weighted by molar-refractivity contribution is 7.80.